The van der Waals surface area contributed by atoms with Gasteiger partial charge in [0, 0.05) is 32.4 Å². The topological polar surface area (TPSA) is 162 Å². The fourth-order valence-electron chi connectivity index (χ4n) is 2.78. The molecule has 0 aliphatic carbocycles. The number of nitrogens with one attached hydrogen (secondary N) is 2. The van der Waals surface area contributed by atoms with Gasteiger partial charge in [-0.15, -0.1) is 0 Å². The zero-order valence-electron chi connectivity index (χ0n) is 17.6. The van der Waals surface area contributed by atoms with Gasteiger partial charge in [0.25, 0.3) is 0 Å². The van der Waals surface area contributed by atoms with Crippen molar-refractivity contribution in [2.24, 2.45) is 0 Å². The molecule has 1 aromatic carbocycles. The first-order chi connectivity index (χ1) is 14.6. The van der Waals surface area contributed by atoms with Crippen LogP contribution in [-0.4, -0.2) is 80.7 Å². The minimum Gasteiger partial charge on any atom is -0.473 e. The highest BCUT2D eigenvalue weighted by atomic mass is 32.2. The van der Waals surface area contributed by atoms with Crippen LogP contribution in [0.25, 0.3) is 0 Å². The van der Waals surface area contributed by atoms with E-state index in [1.54, 1.807) is 32.2 Å². The molecule has 11 nitrogen and oxygen atoms in total. The molecule has 1 amide bonds. The highest BCUT2D eigenvalue weighted by molar-refractivity contribution is 7.89. The van der Waals surface area contributed by atoms with Crippen LogP contribution >= 0.6 is 0 Å². The first kappa shape index (κ1) is 26.5. The summed E-state index contributed by atoms with van der Waals surface area (Å²) in [6.45, 7) is 4.13. The predicted molar refractivity (Wildman–Crippen MR) is 112 cm³/mol. The predicted octanol–water partition coefficient (Wildman–Crippen LogP) is 0.500. The van der Waals surface area contributed by atoms with Crippen molar-refractivity contribution in [1.82, 2.24) is 9.62 Å². The van der Waals surface area contributed by atoms with Gasteiger partial charge in [0.1, 0.15) is 0 Å². The summed E-state index contributed by atoms with van der Waals surface area (Å²) in [7, 11) is -1.93. The molecule has 12 heteroatoms. The molecule has 1 aromatic rings. The summed E-state index contributed by atoms with van der Waals surface area (Å²) < 4.78 is 32.2. The van der Waals surface area contributed by atoms with Crippen LogP contribution in [0.2, 0.25) is 0 Å². The number of ether oxygens (including phenoxy) is 1. The molecule has 174 valence electrons. The van der Waals surface area contributed by atoms with Crippen LogP contribution in [0.5, 0.6) is 0 Å². The number of hydrogen-bond donors (Lipinski definition) is 4. The van der Waals surface area contributed by atoms with Gasteiger partial charge in [-0.1, -0.05) is 12.5 Å². The molecular formula is C19H29N3O8S. The maximum Gasteiger partial charge on any atom is 0.414 e. The lowest BCUT2D eigenvalue weighted by Gasteiger charge is -2.26. The summed E-state index contributed by atoms with van der Waals surface area (Å²) in [5, 5.41) is 20.5. The Morgan fingerprint density at radius 2 is 1.71 bits per heavy atom. The Labute approximate surface area is 181 Å². The lowest BCUT2D eigenvalue weighted by atomic mass is 10.2. The van der Waals surface area contributed by atoms with Crippen molar-refractivity contribution in [2.45, 2.75) is 31.1 Å². The Morgan fingerprint density at radius 1 is 1.10 bits per heavy atom. The largest absolute Gasteiger partial charge is 0.473 e. The zero-order chi connectivity index (χ0) is 23.4. The molecule has 4 N–H and O–H groups in total. The second-order valence-corrected chi connectivity index (χ2v) is 8.68. The Balaban J connectivity index is 0.000000703. The summed E-state index contributed by atoms with van der Waals surface area (Å²) in [6, 6.07) is 4.99. The summed E-state index contributed by atoms with van der Waals surface area (Å²) in [5.41, 5.74) is 1.17. The number of benzene rings is 1. The van der Waals surface area contributed by atoms with Gasteiger partial charge >= 0.3 is 11.9 Å². The molecule has 1 aliphatic heterocycles. The van der Waals surface area contributed by atoms with Gasteiger partial charge in [-0.3, -0.25) is 4.79 Å². The van der Waals surface area contributed by atoms with Gasteiger partial charge in [-0.2, -0.15) is 4.31 Å². The number of rotatable bonds is 8. The lowest BCUT2D eigenvalue weighted by Crippen LogP contribution is -2.36. The van der Waals surface area contributed by atoms with E-state index in [1.807, 2.05) is 0 Å². The number of nitrogens with zero attached hydrogens (tertiary/aromatic N) is 1. The number of carboxylic acids is 2. The van der Waals surface area contributed by atoms with E-state index in [2.05, 4.69) is 10.6 Å². The van der Waals surface area contributed by atoms with Crippen LogP contribution in [-0.2, 0) is 29.1 Å². The minimum absolute atomic E-state index is 0.144. The third-order valence-electron chi connectivity index (χ3n) is 4.36. The summed E-state index contributed by atoms with van der Waals surface area (Å²) in [4.78, 5) is 30.4. The molecule has 31 heavy (non-hydrogen) atoms. The average molecular weight is 460 g/mol. The molecule has 1 fully saturated rings. The SMILES string of the molecule is COCCNCC(=O)Nc1ccc(C)c(S(=O)(=O)N2CCCCC2)c1.O=C(O)C(=O)O. The summed E-state index contributed by atoms with van der Waals surface area (Å²) >= 11 is 0. The van der Waals surface area contributed by atoms with Gasteiger partial charge in [0.2, 0.25) is 15.9 Å². The maximum absolute atomic E-state index is 12.9. The van der Waals surface area contributed by atoms with E-state index >= 15 is 0 Å². The lowest BCUT2D eigenvalue weighted by molar-refractivity contribution is -0.159. The van der Waals surface area contributed by atoms with Crippen molar-refractivity contribution >= 4 is 33.6 Å². The molecule has 0 aromatic heterocycles. The molecular weight excluding hydrogens is 430 g/mol. The third-order valence-corrected chi connectivity index (χ3v) is 6.40. The molecule has 1 aliphatic rings. The standard InChI is InChI=1S/C17H27N3O4S.C2H2O4/c1-14-6-7-15(19-17(21)13-18-8-11-24-2)12-16(14)25(22,23)20-9-4-3-5-10-20;3-1(4)2(5)6/h6-7,12,18H,3-5,8-11,13H2,1-2H3,(H,19,21);(H,3,4)(H,5,6). The van der Waals surface area contributed by atoms with Crippen LogP contribution < -0.4 is 10.6 Å². The quantitative estimate of drug-likeness (QED) is 0.320. The maximum atomic E-state index is 12.9. The van der Waals surface area contributed by atoms with E-state index < -0.39 is 22.0 Å². The Bertz CT molecular complexity index is 855. The number of anilines is 1. The number of sulfonamides is 1. The monoisotopic (exact) mass is 459 g/mol. The second-order valence-electron chi connectivity index (χ2n) is 6.77. The fraction of sp³-hybridized carbons (Fsp3) is 0.526. The summed E-state index contributed by atoms with van der Waals surface area (Å²) in [5.74, 6) is -3.87. The molecule has 0 atom stereocenters. The van der Waals surface area contributed by atoms with Crippen LogP contribution in [0.15, 0.2) is 23.1 Å². The van der Waals surface area contributed by atoms with Crippen molar-refractivity contribution in [1.29, 1.82) is 0 Å². The Hall–Kier alpha value is -2.54. The number of aryl methyl sites for hydroxylation is 1. The molecule has 1 heterocycles. The van der Waals surface area contributed by atoms with Crippen molar-refractivity contribution in [2.75, 3.05) is 45.2 Å². The number of piperidine rings is 1. The molecule has 2 rings (SSSR count). The fourth-order valence-corrected chi connectivity index (χ4v) is 4.55. The van der Waals surface area contributed by atoms with E-state index in [4.69, 9.17) is 24.5 Å². The second kappa shape index (κ2) is 13.0. The third kappa shape index (κ3) is 9.00. The van der Waals surface area contributed by atoms with E-state index in [-0.39, 0.29) is 17.3 Å². The molecule has 0 unspecified atom stereocenters. The molecule has 0 radical (unpaired) electrons. The minimum atomic E-state index is -3.53. The van der Waals surface area contributed by atoms with Crippen LogP contribution in [0.3, 0.4) is 0 Å². The first-order valence-electron chi connectivity index (χ1n) is 9.66. The van der Waals surface area contributed by atoms with Crippen molar-refractivity contribution in [3.05, 3.63) is 23.8 Å². The number of carbonyl (C=O) groups excluding carboxylic acids is 1. The first-order valence-corrected chi connectivity index (χ1v) is 11.1. The van der Waals surface area contributed by atoms with E-state index in [0.717, 1.165) is 19.3 Å². The van der Waals surface area contributed by atoms with Crippen LogP contribution in [0.4, 0.5) is 5.69 Å². The number of hydrogen-bond acceptors (Lipinski definition) is 7. The Morgan fingerprint density at radius 3 is 2.26 bits per heavy atom. The molecule has 1 saturated heterocycles. The zero-order valence-corrected chi connectivity index (χ0v) is 18.4. The van der Waals surface area contributed by atoms with E-state index in [0.29, 0.717) is 37.5 Å². The van der Waals surface area contributed by atoms with Gasteiger partial charge < -0.3 is 25.6 Å². The van der Waals surface area contributed by atoms with Crippen LogP contribution in [0, 0.1) is 6.92 Å². The van der Waals surface area contributed by atoms with E-state index in [9.17, 15) is 13.2 Å². The van der Waals surface area contributed by atoms with Gasteiger partial charge in [0.15, 0.2) is 0 Å². The molecule has 0 saturated carbocycles. The van der Waals surface area contributed by atoms with E-state index in [1.165, 1.54) is 4.31 Å². The normalized spacial score (nSPS) is 14.3. The number of carboxylic acid groups (broad SMARTS) is 2. The number of methoxy groups -OCH3 is 1. The number of aliphatic carboxylic acids is 2. The van der Waals surface area contributed by atoms with Crippen molar-refractivity contribution in [3.63, 3.8) is 0 Å². The van der Waals surface area contributed by atoms with Gasteiger partial charge in [-0.05, 0) is 37.5 Å². The van der Waals surface area contributed by atoms with Gasteiger partial charge in [-0.25, -0.2) is 18.0 Å². The molecule has 0 bridgehead atoms. The Kier molecular flexibility index (Phi) is 11.1. The highest BCUT2D eigenvalue weighted by Crippen LogP contribution is 2.25. The van der Waals surface area contributed by atoms with Crippen molar-refractivity contribution in [3.8, 4) is 0 Å². The average Bonchev–Trinajstić information content (AvgIpc) is 2.73. The highest BCUT2D eigenvalue weighted by Gasteiger charge is 2.27. The van der Waals surface area contributed by atoms with Crippen LogP contribution in [0.1, 0.15) is 24.8 Å². The van der Waals surface area contributed by atoms with Crippen molar-refractivity contribution < 1.29 is 37.8 Å². The number of amides is 1. The molecule has 0 spiro atoms. The summed E-state index contributed by atoms with van der Waals surface area (Å²) in [6.07, 6.45) is 2.85. The smallest absolute Gasteiger partial charge is 0.414 e. The number of carbonyl (C=O) groups is 3. The van der Waals surface area contributed by atoms with Gasteiger partial charge in [0.05, 0.1) is 18.0 Å².